The fourth-order valence-electron chi connectivity index (χ4n) is 3.71. The minimum atomic E-state index is 0.333. The molecule has 2 unspecified atom stereocenters. The van der Waals surface area contributed by atoms with Crippen molar-refractivity contribution in [2.75, 3.05) is 6.54 Å². The predicted molar refractivity (Wildman–Crippen MR) is 74.7 cm³/mol. The lowest BCUT2D eigenvalue weighted by atomic mass is 9.97. The maximum atomic E-state index is 6.38. The molecule has 104 valence electrons. The summed E-state index contributed by atoms with van der Waals surface area (Å²) in [5.74, 6) is 0.814. The second-order valence-corrected chi connectivity index (χ2v) is 7.03. The van der Waals surface area contributed by atoms with Crippen LogP contribution in [-0.4, -0.2) is 24.3 Å². The molecule has 1 heterocycles. The summed E-state index contributed by atoms with van der Waals surface area (Å²) in [6.45, 7) is 3.60. The van der Waals surface area contributed by atoms with Crippen LogP contribution < -0.4 is 5.32 Å². The summed E-state index contributed by atoms with van der Waals surface area (Å²) in [5.41, 5.74) is 0.333. The van der Waals surface area contributed by atoms with Crippen LogP contribution in [0.5, 0.6) is 0 Å². The van der Waals surface area contributed by atoms with E-state index in [-0.39, 0.29) is 0 Å². The molecule has 0 aromatic carbocycles. The van der Waals surface area contributed by atoms with E-state index in [0.717, 1.165) is 12.0 Å². The van der Waals surface area contributed by atoms with Gasteiger partial charge in [-0.1, -0.05) is 19.8 Å². The monoisotopic (exact) mass is 251 g/mol. The molecule has 2 saturated carbocycles. The van der Waals surface area contributed by atoms with Crippen LogP contribution >= 0.6 is 0 Å². The highest BCUT2D eigenvalue weighted by atomic mass is 16.5. The summed E-state index contributed by atoms with van der Waals surface area (Å²) >= 11 is 0. The molecule has 2 atom stereocenters. The molecule has 1 N–H and O–H groups in total. The topological polar surface area (TPSA) is 21.3 Å². The molecule has 3 fully saturated rings. The van der Waals surface area contributed by atoms with Crippen LogP contribution in [0.25, 0.3) is 0 Å². The lowest BCUT2D eigenvalue weighted by Gasteiger charge is -2.24. The maximum Gasteiger partial charge on any atom is 0.0687 e. The Hall–Kier alpha value is -0.0800. The molecule has 1 aliphatic heterocycles. The average Bonchev–Trinajstić information content (AvgIpc) is 2.96. The largest absolute Gasteiger partial charge is 0.372 e. The summed E-state index contributed by atoms with van der Waals surface area (Å²) in [7, 11) is 0. The van der Waals surface area contributed by atoms with Gasteiger partial charge >= 0.3 is 0 Å². The lowest BCUT2D eigenvalue weighted by molar-refractivity contribution is -0.0404. The molecule has 2 heteroatoms. The number of hydrogen-bond donors (Lipinski definition) is 1. The van der Waals surface area contributed by atoms with Gasteiger partial charge in [0.2, 0.25) is 0 Å². The van der Waals surface area contributed by atoms with E-state index in [0.29, 0.717) is 11.7 Å². The van der Waals surface area contributed by atoms with Crippen molar-refractivity contribution in [1.29, 1.82) is 0 Å². The van der Waals surface area contributed by atoms with Crippen molar-refractivity contribution >= 4 is 0 Å². The zero-order valence-electron chi connectivity index (χ0n) is 11.9. The molecule has 0 aromatic heterocycles. The van der Waals surface area contributed by atoms with E-state index in [1.807, 2.05) is 0 Å². The van der Waals surface area contributed by atoms with Gasteiger partial charge in [0, 0.05) is 6.04 Å². The fraction of sp³-hybridized carbons (Fsp3) is 1.00. The number of nitrogens with one attached hydrogen (secondary N) is 1. The van der Waals surface area contributed by atoms with E-state index >= 15 is 0 Å². The highest BCUT2D eigenvalue weighted by molar-refractivity contribution is 4.92. The van der Waals surface area contributed by atoms with Gasteiger partial charge in [-0.3, -0.25) is 0 Å². The van der Waals surface area contributed by atoms with Crippen LogP contribution in [0.2, 0.25) is 0 Å². The Morgan fingerprint density at radius 2 is 1.94 bits per heavy atom. The molecule has 2 aliphatic carbocycles. The van der Waals surface area contributed by atoms with Crippen molar-refractivity contribution < 1.29 is 4.74 Å². The van der Waals surface area contributed by atoms with Gasteiger partial charge in [-0.15, -0.1) is 0 Å². The van der Waals surface area contributed by atoms with E-state index in [2.05, 4.69) is 12.2 Å². The van der Waals surface area contributed by atoms with Gasteiger partial charge in [-0.2, -0.15) is 0 Å². The first-order valence-corrected chi connectivity index (χ1v) is 8.17. The zero-order valence-corrected chi connectivity index (χ0v) is 11.9. The Balaban J connectivity index is 1.33. The van der Waals surface area contributed by atoms with Gasteiger partial charge in [-0.05, 0) is 63.8 Å². The van der Waals surface area contributed by atoms with Gasteiger partial charge in [0.25, 0.3) is 0 Å². The van der Waals surface area contributed by atoms with Crippen molar-refractivity contribution in [2.24, 2.45) is 5.92 Å². The third-order valence-corrected chi connectivity index (χ3v) is 5.17. The fourth-order valence-corrected chi connectivity index (χ4v) is 3.71. The number of rotatable bonds is 6. The quantitative estimate of drug-likeness (QED) is 0.778. The van der Waals surface area contributed by atoms with Gasteiger partial charge in [-0.25, -0.2) is 0 Å². The summed E-state index contributed by atoms with van der Waals surface area (Å²) in [6.07, 6.45) is 14.1. The van der Waals surface area contributed by atoms with Crippen molar-refractivity contribution in [3.8, 4) is 0 Å². The smallest absolute Gasteiger partial charge is 0.0687 e. The van der Waals surface area contributed by atoms with Crippen LogP contribution in [-0.2, 0) is 4.74 Å². The Bertz CT molecular complexity index is 268. The molecule has 1 saturated heterocycles. The average molecular weight is 251 g/mol. The highest BCUT2D eigenvalue weighted by Gasteiger charge is 2.41. The zero-order chi connectivity index (χ0) is 12.4. The van der Waals surface area contributed by atoms with Crippen LogP contribution in [0.15, 0.2) is 0 Å². The molecule has 0 aromatic rings. The molecule has 1 spiro atoms. The molecule has 2 nitrogen and oxygen atoms in total. The maximum absolute atomic E-state index is 6.38. The van der Waals surface area contributed by atoms with Crippen molar-refractivity contribution in [3.05, 3.63) is 0 Å². The first kappa shape index (κ1) is 12.9. The van der Waals surface area contributed by atoms with Crippen molar-refractivity contribution in [1.82, 2.24) is 5.32 Å². The predicted octanol–water partition coefficient (Wildman–Crippen LogP) is 3.65. The molecular weight excluding hydrogens is 222 g/mol. The van der Waals surface area contributed by atoms with E-state index in [1.165, 1.54) is 70.8 Å². The van der Waals surface area contributed by atoms with Crippen LogP contribution in [0.4, 0.5) is 0 Å². The molecule has 0 bridgehead atoms. The Morgan fingerprint density at radius 1 is 1.17 bits per heavy atom. The summed E-state index contributed by atoms with van der Waals surface area (Å²) < 4.78 is 6.38. The van der Waals surface area contributed by atoms with E-state index < -0.39 is 0 Å². The van der Waals surface area contributed by atoms with Gasteiger partial charge < -0.3 is 10.1 Å². The molecular formula is C16H29NO. The van der Waals surface area contributed by atoms with Crippen LogP contribution in [0, 0.1) is 5.92 Å². The minimum absolute atomic E-state index is 0.333. The molecule has 0 radical (unpaired) electrons. The third kappa shape index (κ3) is 3.27. The Morgan fingerprint density at radius 3 is 2.67 bits per heavy atom. The van der Waals surface area contributed by atoms with Gasteiger partial charge in [0.1, 0.15) is 0 Å². The van der Waals surface area contributed by atoms with E-state index in [4.69, 9.17) is 4.74 Å². The van der Waals surface area contributed by atoms with E-state index in [9.17, 15) is 0 Å². The standard InChI is InChI=1S/C16H29NO/c1-13(12-17-14-5-6-14)4-7-15-8-11-16(18-15)9-2-3-10-16/h13-15,17H,2-12H2,1H3. The normalized spacial score (nSPS) is 32.2. The van der Waals surface area contributed by atoms with Gasteiger partial charge in [0.15, 0.2) is 0 Å². The first-order chi connectivity index (χ1) is 8.76. The summed E-state index contributed by atoms with van der Waals surface area (Å²) in [4.78, 5) is 0. The second-order valence-electron chi connectivity index (χ2n) is 7.03. The van der Waals surface area contributed by atoms with Crippen molar-refractivity contribution in [3.63, 3.8) is 0 Å². The number of ether oxygens (including phenoxy) is 1. The number of hydrogen-bond acceptors (Lipinski definition) is 2. The van der Waals surface area contributed by atoms with Crippen LogP contribution in [0.1, 0.15) is 71.1 Å². The SMILES string of the molecule is CC(CCC1CCC2(CCCC2)O1)CNC1CC1. The summed E-state index contributed by atoms with van der Waals surface area (Å²) in [6, 6.07) is 0.858. The first-order valence-electron chi connectivity index (χ1n) is 8.17. The third-order valence-electron chi connectivity index (χ3n) is 5.17. The van der Waals surface area contributed by atoms with E-state index in [1.54, 1.807) is 0 Å². The Kier molecular flexibility index (Phi) is 3.95. The highest BCUT2D eigenvalue weighted by Crippen LogP contribution is 2.44. The molecule has 3 aliphatic rings. The van der Waals surface area contributed by atoms with Crippen molar-refractivity contribution in [2.45, 2.75) is 88.9 Å². The minimum Gasteiger partial charge on any atom is -0.372 e. The molecule has 0 amide bonds. The Labute approximate surface area is 112 Å². The van der Waals surface area contributed by atoms with Crippen LogP contribution in [0.3, 0.4) is 0 Å². The lowest BCUT2D eigenvalue weighted by Crippen LogP contribution is -2.26. The second kappa shape index (κ2) is 5.50. The summed E-state index contributed by atoms with van der Waals surface area (Å²) in [5, 5.41) is 3.64. The molecule has 18 heavy (non-hydrogen) atoms. The molecule has 3 rings (SSSR count). The van der Waals surface area contributed by atoms with Gasteiger partial charge in [0.05, 0.1) is 11.7 Å².